The standard InChI is InChI=1S/C9H15NO2S2/c1-6(2)12-8(11)7(3)10-9-13-4-5-14-9/h6-7H,4-5H2,1-3H3. The highest BCUT2D eigenvalue weighted by atomic mass is 32.2. The predicted octanol–water partition coefficient (Wildman–Crippen LogP) is 2.16. The molecule has 0 aromatic rings. The summed E-state index contributed by atoms with van der Waals surface area (Å²) in [6.07, 6.45) is -0.0611. The molecule has 0 N–H and O–H groups in total. The van der Waals surface area contributed by atoms with Crippen LogP contribution in [-0.2, 0) is 9.53 Å². The Morgan fingerprint density at radius 2 is 1.93 bits per heavy atom. The average molecular weight is 233 g/mol. The van der Waals surface area contributed by atoms with Crippen molar-refractivity contribution in [1.29, 1.82) is 0 Å². The molecule has 1 unspecified atom stereocenters. The minimum atomic E-state index is -0.370. The van der Waals surface area contributed by atoms with Crippen molar-refractivity contribution in [2.24, 2.45) is 4.99 Å². The summed E-state index contributed by atoms with van der Waals surface area (Å²) in [5.74, 6) is 1.95. The maximum atomic E-state index is 11.4. The van der Waals surface area contributed by atoms with Gasteiger partial charge in [-0.2, -0.15) is 0 Å². The van der Waals surface area contributed by atoms with Crippen LogP contribution in [0.5, 0.6) is 0 Å². The largest absolute Gasteiger partial charge is 0.461 e. The molecular weight excluding hydrogens is 218 g/mol. The first-order valence-electron chi connectivity index (χ1n) is 4.63. The normalized spacial score (nSPS) is 18.4. The Kier molecular flexibility index (Phi) is 4.81. The second-order valence-corrected chi connectivity index (χ2v) is 5.68. The summed E-state index contributed by atoms with van der Waals surface area (Å²) in [7, 11) is 0. The number of rotatable bonds is 3. The van der Waals surface area contributed by atoms with Crippen molar-refractivity contribution >= 4 is 33.9 Å². The summed E-state index contributed by atoms with van der Waals surface area (Å²) in [6.45, 7) is 5.46. The number of thioether (sulfide) groups is 2. The fourth-order valence-electron chi connectivity index (χ4n) is 0.916. The summed E-state index contributed by atoms with van der Waals surface area (Å²) in [6, 6.07) is -0.370. The first kappa shape index (κ1) is 11.9. The molecule has 1 saturated heterocycles. The maximum Gasteiger partial charge on any atom is 0.330 e. The zero-order valence-corrected chi connectivity index (χ0v) is 10.3. The maximum absolute atomic E-state index is 11.4. The zero-order valence-electron chi connectivity index (χ0n) is 8.65. The van der Waals surface area contributed by atoms with Gasteiger partial charge < -0.3 is 4.74 Å². The molecule has 0 aliphatic carbocycles. The summed E-state index contributed by atoms with van der Waals surface area (Å²) < 4.78 is 6.07. The van der Waals surface area contributed by atoms with Crippen LogP contribution in [0.1, 0.15) is 20.8 Å². The third kappa shape index (κ3) is 3.92. The number of esters is 1. The lowest BCUT2D eigenvalue weighted by molar-refractivity contribution is -0.148. The minimum absolute atomic E-state index is 0.0611. The highest BCUT2D eigenvalue weighted by Crippen LogP contribution is 2.26. The van der Waals surface area contributed by atoms with Crippen molar-refractivity contribution in [2.75, 3.05) is 11.5 Å². The van der Waals surface area contributed by atoms with Gasteiger partial charge in [0, 0.05) is 11.5 Å². The zero-order chi connectivity index (χ0) is 10.6. The molecule has 1 heterocycles. The van der Waals surface area contributed by atoms with Crippen LogP contribution < -0.4 is 0 Å². The lowest BCUT2D eigenvalue weighted by atomic mass is 10.3. The Morgan fingerprint density at radius 3 is 2.43 bits per heavy atom. The van der Waals surface area contributed by atoms with Crippen molar-refractivity contribution in [3.63, 3.8) is 0 Å². The van der Waals surface area contributed by atoms with E-state index in [2.05, 4.69) is 4.99 Å². The Morgan fingerprint density at radius 1 is 1.36 bits per heavy atom. The lowest BCUT2D eigenvalue weighted by Crippen LogP contribution is -2.22. The molecule has 0 amide bonds. The lowest BCUT2D eigenvalue weighted by Gasteiger charge is -2.10. The molecule has 1 fully saturated rings. The van der Waals surface area contributed by atoms with Crippen molar-refractivity contribution in [1.82, 2.24) is 0 Å². The van der Waals surface area contributed by atoms with Gasteiger partial charge in [-0.05, 0) is 20.8 Å². The van der Waals surface area contributed by atoms with E-state index in [9.17, 15) is 4.79 Å². The van der Waals surface area contributed by atoms with Gasteiger partial charge in [0.25, 0.3) is 0 Å². The number of hydrogen-bond donors (Lipinski definition) is 0. The summed E-state index contributed by atoms with van der Waals surface area (Å²) in [5.41, 5.74) is 0. The summed E-state index contributed by atoms with van der Waals surface area (Å²) >= 11 is 3.42. The van der Waals surface area contributed by atoms with Crippen molar-refractivity contribution < 1.29 is 9.53 Å². The van der Waals surface area contributed by atoms with Crippen LogP contribution in [-0.4, -0.2) is 34.0 Å². The van der Waals surface area contributed by atoms with Crippen LogP contribution in [0.2, 0.25) is 0 Å². The van der Waals surface area contributed by atoms with Crippen LogP contribution in [0, 0.1) is 0 Å². The second kappa shape index (κ2) is 5.66. The van der Waals surface area contributed by atoms with Crippen molar-refractivity contribution in [3.8, 4) is 0 Å². The van der Waals surface area contributed by atoms with E-state index in [1.807, 2.05) is 13.8 Å². The molecule has 1 rings (SSSR count). The van der Waals surface area contributed by atoms with Gasteiger partial charge in [-0.3, -0.25) is 4.99 Å². The third-order valence-corrected chi connectivity index (χ3v) is 4.01. The molecule has 1 aliphatic heterocycles. The molecule has 1 aliphatic rings. The molecule has 1 atom stereocenters. The SMILES string of the molecule is CC(C)OC(=O)C(C)N=C1SCCS1. The molecule has 80 valence electrons. The number of carbonyl (C=O) groups excluding carboxylic acids is 1. The fraction of sp³-hybridized carbons (Fsp3) is 0.778. The molecule has 0 saturated carbocycles. The van der Waals surface area contributed by atoms with Gasteiger partial charge in [-0.25, -0.2) is 4.79 Å². The van der Waals surface area contributed by atoms with Crippen LogP contribution >= 0.6 is 23.5 Å². The summed E-state index contributed by atoms with van der Waals surface area (Å²) in [5, 5.41) is 0. The molecule has 0 aromatic carbocycles. The van der Waals surface area contributed by atoms with Gasteiger partial charge in [0.1, 0.15) is 10.4 Å². The molecule has 0 spiro atoms. The van der Waals surface area contributed by atoms with Crippen molar-refractivity contribution in [3.05, 3.63) is 0 Å². The van der Waals surface area contributed by atoms with Crippen LogP contribution in [0.3, 0.4) is 0 Å². The Balaban J connectivity index is 2.43. The minimum Gasteiger partial charge on any atom is -0.461 e. The quantitative estimate of drug-likeness (QED) is 0.700. The van der Waals surface area contributed by atoms with Crippen molar-refractivity contribution in [2.45, 2.75) is 32.9 Å². The van der Waals surface area contributed by atoms with E-state index in [0.717, 1.165) is 15.9 Å². The number of hydrogen-bond acceptors (Lipinski definition) is 5. The molecular formula is C9H15NO2S2. The van der Waals surface area contributed by atoms with Gasteiger partial charge in [-0.1, -0.05) is 23.5 Å². The average Bonchev–Trinajstić information content (AvgIpc) is 2.55. The fourth-order valence-corrected chi connectivity index (χ4v) is 3.23. The number of aliphatic imine (C=N–C) groups is 1. The van der Waals surface area contributed by atoms with E-state index in [1.165, 1.54) is 0 Å². The van der Waals surface area contributed by atoms with E-state index < -0.39 is 0 Å². The molecule has 0 radical (unpaired) electrons. The van der Waals surface area contributed by atoms with Gasteiger partial charge in [0.15, 0.2) is 0 Å². The van der Waals surface area contributed by atoms with E-state index in [-0.39, 0.29) is 18.1 Å². The molecule has 5 heteroatoms. The Bertz CT molecular complexity index is 233. The van der Waals surface area contributed by atoms with Gasteiger partial charge >= 0.3 is 5.97 Å². The molecule has 0 aromatic heterocycles. The highest BCUT2D eigenvalue weighted by Gasteiger charge is 2.17. The van der Waals surface area contributed by atoms with E-state index in [4.69, 9.17) is 4.74 Å². The van der Waals surface area contributed by atoms with Gasteiger partial charge in [-0.15, -0.1) is 0 Å². The number of nitrogens with zero attached hydrogens (tertiary/aromatic N) is 1. The third-order valence-electron chi connectivity index (χ3n) is 1.53. The molecule has 0 bridgehead atoms. The topological polar surface area (TPSA) is 38.7 Å². The van der Waals surface area contributed by atoms with Crippen LogP contribution in [0.4, 0.5) is 0 Å². The van der Waals surface area contributed by atoms with E-state index in [0.29, 0.717) is 0 Å². The van der Waals surface area contributed by atoms with E-state index >= 15 is 0 Å². The highest BCUT2D eigenvalue weighted by molar-refractivity contribution is 8.41. The second-order valence-electron chi connectivity index (χ2n) is 3.25. The monoisotopic (exact) mass is 233 g/mol. The van der Waals surface area contributed by atoms with Crippen LogP contribution in [0.25, 0.3) is 0 Å². The Labute approximate surface area is 93.1 Å². The van der Waals surface area contributed by atoms with Gasteiger partial charge in [0.05, 0.1) is 6.10 Å². The number of carbonyl (C=O) groups is 1. The van der Waals surface area contributed by atoms with Crippen LogP contribution in [0.15, 0.2) is 4.99 Å². The number of ether oxygens (including phenoxy) is 1. The predicted molar refractivity (Wildman–Crippen MR) is 63.0 cm³/mol. The summed E-state index contributed by atoms with van der Waals surface area (Å²) in [4.78, 5) is 15.7. The van der Waals surface area contributed by atoms with Gasteiger partial charge in [0.2, 0.25) is 0 Å². The molecule has 14 heavy (non-hydrogen) atoms. The molecule has 3 nitrogen and oxygen atoms in total. The Hall–Kier alpha value is -0.160. The first-order valence-corrected chi connectivity index (χ1v) is 6.60. The first-order chi connectivity index (χ1) is 6.59. The smallest absolute Gasteiger partial charge is 0.330 e. The van der Waals surface area contributed by atoms with E-state index in [1.54, 1.807) is 30.4 Å².